The lowest BCUT2D eigenvalue weighted by molar-refractivity contribution is -0.154. The summed E-state index contributed by atoms with van der Waals surface area (Å²) in [5.74, 6) is -3.61. The van der Waals surface area contributed by atoms with Crippen molar-refractivity contribution in [3.05, 3.63) is 23.6 Å². The summed E-state index contributed by atoms with van der Waals surface area (Å²) in [4.78, 5) is 42.3. The number of hydrogen-bond acceptors (Lipinski definition) is 6. The topological polar surface area (TPSA) is 129 Å². The zero-order chi connectivity index (χ0) is 26.0. The molecule has 2 heterocycles. The fourth-order valence-corrected chi connectivity index (χ4v) is 4.36. The molecule has 1 fully saturated rings. The van der Waals surface area contributed by atoms with Gasteiger partial charge in [0.15, 0.2) is 0 Å². The van der Waals surface area contributed by atoms with Gasteiger partial charge >= 0.3 is 12.1 Å². The number of anilines is 1. The Bertz CT molecular complexity index is 924. The molecular weight excluding hydrogens is 445 g/mol. The van der Waals surface area contributed by atoms with Crippen molar-refractivity contribution in [1.29, 1.82) is 0 Å². The fraction of sp³-hybridized carbons (Fsp3) is 0.667. The molecule has 190 valence electrons. The molecule has 0 spiro atoms. The number of rotatable bonds is 5. The van der Waals surface area contributed by atoms with Crippen molar-refractivity contribution in [2.24, 2.45) is 22.7 Å². The molecule has 3 N–H and O–H groups in total. The zero-order valence-corrected chi connectivity index (χ0v) is 20.9. The molecular formula is C24H36FN3O6. The number of hydrogen-bond donors (Lipinski definition) is 3. The number of aliphatic hydroxyl groups is 1. The van der Waals surface area contributed by atoms with E-state index in [0.717, 1.165) is 6.07 Å². The molecule has 1 aromatic rings. The van der Waals surface area contributed by atoms with Crippen molar-refractivity contribution in [3.63, 3.8) is 0 Å². The number of halogens is 1. The Hall–Kier alpha value is -2.75. The van der Waals surface area contributed by atoms with Crippen molar-refractivity contribution in [2.45, 2.75) is 66.5 Å². The molecule has 1 aliphatic rings. The van der Waals surface area contributed by atoms with Crippen LogP contribution in [-0.2, 0) is 14.3 Å². The molecule has 34 heavy (non-hydrogen) atoms. The minimum absolute atomic E-state index is 0.0855. The van der Waals surface area contributed by atoms with Crippen LogP contribution in [0, 0.1) is 28.6 Å². The van der Waals surface area contributed by atoms with Gasteiger partial charge in [-0.15, -0.1) is 0 Å². The Balaban J connectivity index is 2.46. The Labute approximate surface area is 199 Å². The number of carbonyl (C=O) groups is 3. The Morgan fingerprint density at radius 3 is 2.32 bits per heavy atom. The van der Waals surface area contributed by atoms with Crippen molar-refractivity contribution in [1.82, 2.24) is 9.88 Å². The average Bonchev–Trinajstić information content (AvgIpc) is 2.72. The minimum Gasteiger partial charge on any atom is -0.469 e. The molecule has 0 radical (unpaired) electrons. The number of pyridine rings is 1. The molecule has 9 nitrogen and oxygen atoms in total. The largest absolute Gasteiger partial charge is 0.469 e. The lowest BCUT2D eigenvalue weighted by Crippen LogP contribution is -2.53. The van der Waals surface area contributed by atoms with E-state index >= 15 is 0 Å². The van der Waals surface area contributed by atoms with Crippen LogP contribution in [0.1, 0.15) is 66.1 Å². The van der Waals surface area contributed by atoms with Gasteiger partial charge in [-0.25, -0.2) is 9.78 Å². The van der Waals surface area contributed by atoms with E-state index in [4.69, 9.17) is 4.74 Å². The molecule has 0 bridgehead atoms. The third-order valence-corrected chi connectivity index (χ3v) is 6.33. The highest BCUT2D eigenvalue weighted by molar-refractivity contribution is 5.94. The number of nitrogens with one attached hydrogen (secondary N) is 1. The van der Waals surface area contributed by atoms with Crippen LogP contribution in [-0.4, -0.2) is 57.8 Å². The Morgan fingerprint density at radius 1 is 1.21 bits per heavy atom. The van der Waals surface area contributed by atoms with Crippen LogP contribution >= 0.6 is 0 Å². The number of methoxy groups -OCH3 is 1. The SMILES string of the molecule is COC(=O)C(C1CCN(C(=O)O)C(C(C)(C)C)C1)C(O)c1ccc(F)nc1NC(=O)C(C)(C)C. The van der Waals surface area contributed by atoms with Crippen molar-refractivity contribution in [2.75, 3.05) is 19.0 Å². The second kappa shape index (κ2) is 10.2. The van der Waals surface area contributed by atoms with Crippen LogP contribution in [0.15, 0.2) is 12.1 Å². The predicted octanol–water partition coefficient (Wildman–Crippen LogP) is 3.83. The third-order valence-electron chi connectivity index (χ3n) is 6.33. The number of likely N-dealkylation sites (tertiary alicyclic amines) is 1. The highest BCUT2D eigenvalue weighted by Crippen LogP contribution is 2.42. The van der Waals surface area contributed by atoms with Gasteiger partial charge in [-0.05, 0) is 36.3 Å². The molecule has 1 aromatic heterocycles. The number of piperidine rings is 1. The summed E-state index contributed by atoms with van der Waals surface area (Å²) in [7, 11) is 1.21. The lowest BCUT2D eigenvalue weighted by atomic mass is 9.71. The molecule has 4 atom stereocenters. The number of carbonyl (C=O) groups excluding carboxylic acids is 2. The first-order valence-corrected chi connectivity index (χ1v) is 11.3. The number of aliphatic hydroxyl groups excluding tert-OH is 1. The zero-order valence-electron chi connectivity index (χ0n) is 20.9. The first kappa shape index (κ1) is 27.5. The summed E-state index contributed by atoms with van der Waals surface area (Å²) in [5, 5.41) is 23.5. The highest BCUT2D eigenvalue weighted by Gasteiger charge is 2.45. The number of ether oxygens (including phenoxy) is 1. The van der Waals surface area contributed by atoms with Crippen LogP contribution in [0.2, 0.25) is 0 Å². The maximum Gasteiger partial charge on any atom is 0.407 e. The van der Waals surface area contributed by atoms with Gasteiger partial charge in [-0.1, -0.05) is 41.5 Å². The molecule has 1 saturated heterocycles. The van der Waals surface area contributed by atoms with E-state index in [1.807, 2.05) is 20.8 Å². The van der Waals surface area contributed by atoms with Crippen LogP contribution in [0.25, 0.3) is 0 Å². The summed E-state index contributed by atoms with van der Waals surface area (Å²) in [5.41, 5.74) is -1.13. The number of amides is 2. The summed E-state index contributed by atoms with van der Waals surface area (Å²) in [6, 6.07) is 1.94. The van der Waals surface area contributed by atoms with Crippen LogP contribution < -0.4 is 5.32 Å². The monoisotopic (exact) mass is 481 g/mol. The average molecular weight is 482 g/mol. The van der Waals surface area contributed by atoms with Crippen LogP contribution in [0.3, 0.4) is 0 Å². The highest BCUT2D eigenvalue weighted by atomic mass is 19.1. The number of nitrogens with zero attached hydrogens (tertiary/aromatic N) is 2. The lowest BCUT2D eigenvalue weighted by Gasteiger charge is -2.46. The van der Waals surface area contributed by atoms with Gasteiger partial charge in [-0.3, -0.25) is 9.59 Å². The molecule has 2 rings (SSSR count). The van der Waals surface area contributed by atoms with Gasteiger partial charge in [-0.2, -0.15) is 4.39 Å². The normalized spacial score (nSPS) is 20.9. The molecule has 0 aliphatic carbocycles. The van der Waals surface area contributed by atoms with E-state index in [1.165, 1.54) is 18.1 Å². The Kier molecular flexibility index (Phi) is 8.29. The smallest absolute Gasteiger partial charge is 0.407 e. The first-order valence-electron chi connectivity index (χ1n) is 11.3. The van der Waals surface area contributed by atoms with Gasteiger partial charge in [0.05, 0.1) is 19.1 Å². The quantitative estimate of drug-likeness (QED) is 0.430. The van der Waals surface area contributed by atoms with Crippen molar-refractivity contribution in [3.8, 4) is 0 Å². The molecule has 0 saturated carbocycles. The third kappa shape index (κ3) is 6.22. The van der Waals surface area contributed by atoms with E-state index in [1.54, 1.807) is 20.8 Å². The molecule has 1 aliphatic heterocycles. The van der Waals surface area contributed by atoms with Crippen LogP contribution in [0.4, 0.5) is 15.0 Å². The second-order valence-electron chi connectivity index (χ2n) is 10.9. The van der Waals surface area contributed by atoms with E-state index < -0.39 is 58.7 Å². The van der Waals surface area contributed by atoms with Gasteiger partial charge in [0.2, 0.25) is 11.9 Å². The molecule has 4 unspecified atom stereocenters. The maximum atomic E-state index is 13.9. The maximum absolute atomic E-state index is 13.9. The van der Waals surface area contributed by atoms with E-state index in [0.29, 0.717) is 12.8 Å². The standard InChI is InChI=1S/C24H36FN3O6/c1-23(2,3)15-12-13(10-11-28(15)22(32)33)17(20(30)34-7)18(29)14-8-9-16(25)26-19(14)27-21(31)24(4,5)6/h8-9,13,15,17-18,29H,10-12H2,1-7H3,(H,32,33)(H,26,27,31). The van der Waals surface area contributed by atoms with Gasteiger partial charge in [0, 0.05) is 23.6 Å². The van der Waals surface area contributed by atoms with E-state index in [9.17, 15) is 29.0 Å². The summed E-state index contributed by atoms with van der Waals surface area (Å²) >= 11 is 0. The summed E-state index contributed by atoms with van der Waals surface area (Å²) in [6.45, 7) is 11.0. The molecule has 10 heteroatoms. The summed E-state index contributed by atoms with van der Waals surface area (Å²) in [6.07, 6.45) is -1.85. The van der Waals surface area contributed by atoms with Crippen LogP contribution in [0.5, 0.6) is 0 Å². The number of esters is 1. The van der Waals surface area contributed by atoms with Gasteiger partial charge in [0.1, 0.15) is 5.82 Å². The summed E-state index contributed by atoms with van der Waals surface area (Å²) < 4.78 is 18.9. The first-order chi connectivity index (χ1) is 15.6. The fourth-order valence-electron chi connectivity index (χ4n) is 4.36. The predicted molar refractivity (Wildman–Crippen MR) is 123 cm³/mol. The number of aromatic nitrogens is 1. The van der Waals surface area contributed by atoms with Crippen molar-refractivity contribution < 1.29 is 33.7 Å². The minimum atomic E-state index is -1.46. The second-order valence-corrected chi connectivity index (χ2v) is 10.9. The van der Waals surface area contributed by atoms with E-state index in [-0.39, 0.29) is 17.9 Å². The molecule has 2 amide bonds. The van der Waals surface area contributed by atoms with E-state index in [2.05, 4.69) is 10.3 Å². The molecule has 0 aromatic carbocycles. The number of carboxylic acid groups (broad SMARTS) is 1. The Morgan fingerprint density at radius 2 is 1.82 bits per heavy atom. The van der Waals surface area contributed by atoms with Crippen molar-refractivity contribution >= 4 is 23.8 Å². The van der Waals surface area contributed by atoms with Gasteiger partial charge in [0.25, 0.3) is 0 Å². The van der Waals surface area contributed by atoms with Gasteiger partial charge < -0.3 is 25.2 Å².